The number of nitrogens with one attached hydrogen (secondary N) is 2. The third-order valence-corrected chi connectivity index (χ3v) is 9.53. The first kappa shape index (κ1) is 26.1. The number of hydrogen-bond acceptors (Lipinski definition) is 5. The molecule has 2 aliphatic rings. The maximum Gasteiger partial charge on any atom is 0.240 e. The van der Waals surface area contributed by atoms with Gasteiger partial charge < -0.3 is 10.6 Å². The molecule has 4 rings (SSSR count). The van der Waals surface area contributed by atoms with E-state index in [9.17, 15) is 18.0 Å². The Morgan fingerprint density at radius 1 is 1.06 bits per heavy atom. The van der Waals surface area contributed by atoms with Crippen LogP contribution in [0.1, 0.15) is 44.2 Å². The van der Waals surface area contributed by atoms with Crippen LogP contribution in [0.5, 0.6) is 0 Å². The minimum Gasteiger partial charge on any atom is -0.346 e. The van der Waals surface area contributed by atoms with Crippen LogP contribution in [0.15, 0.2) is 42.5 Å². The van der Waals surface area contributed by atoms with Crippen molar-refractivity contribution in [3.8, 4) is 12.3 Å². The van der Waals surface area contributed by atoms with Gasteiger partial charge >= 0.3 is 0 Å². The molecule has 2 aromatic carbocycles. The van der Waals surface area contributed by atoms with Gasteiger partial charge in [0.05, 0.1) is 24.9 Å². The summed E-state index contributed by atoms with van der Waals surface area (Å²) in [6.45, 7) is 3.24. The SMILES string of the molecule is C#CCNC(=O)CNC(=O)CN(C1CCN([C@H](C)c2cccc3ccccc23)CC1)S(=O)(=O)C1CC1. The normalized spacial score (nSPS) is 18.0. The van der Waals surface area contributed by atoms with Gasteiger partial charge in [0.25, 0.3) is 0 Å². The van der Waals surface area contributed by atoms with E-state index in [-0.39, 0.29) is 31.7 Å². The van der Waals surface area contributed by atoms with Gasteiger partial charge in [-0.25, -0.2) is 8.42 Å². The highest BCUT2D eigenvalue weighted by atomic mass is 32.2. The van der Waals surface area contributed by atoms with E-state index >= 15 is 0 Å². The zero-order valence-corrected chi connectivity index (χ0v) is 21.5. The van der Waals surface area contributed by atoms with Crippen LogP contribution in [-0.4, -0.2) is 73.5 Å². The Kier molecular flexibility index (Phi) is 8.29. The van der Waals surface area contributed by atoms with Gasteiger partial charge in [-0.1, -0.05) is 48.4 Å². The Morgan fingerprint density at radius 2 is 1.75 bits per heavy atom. The minimum atomic E-state index is -3.57. The molecule has 2 fully saturated rings. The first-order chi connectivity index (χ1) is 17.3. The third kappa shape index (κ3) is 6.06. The highest BCUT2D eigenvalue weighted by molar-refractivity contribution is 7.90. The number of rotatable bonds is 10. The van der Waals surface area contributed by atoms with E-state index in [1.54, 1.807) is 0 Å². The fourth-order valence-corrected chi connectivity index (χ4v) is 6.98. The molecular formula is C27H34N4O4S. The van der Waals surface area contributed by atoms with Crippen LogP contribution < -0.4 is 10.6 Å². The van der Waals surface area contributed by atoms with Gasteiger partial charge in [-0.15, -0.1) is 6.42 Å². The number of terminal acetylenes is 1. The second-order valence-corrected chi connectivity index (χ2v) is 11.7. The average Bonchev–Trinajstić information content (AvgIpc) is 3.75. The van der Waals surface area contributed by atoms with E-state index in [4.69, 9.17) is 6.42 Å². The molecule has 192 valence electrons. The minimum absolute atomic E-state index is 0.0761. The van der Waals surface area contributed by atoms with Gasteiger partial charge in [0.15, 0.2) is 0 Å². The summed E-state index contributed by atoms with van der Waals surface area (Å²) in [7, 11) is -3.57. The van der Waals surface area contributed by atoms with E-state index in [1.165, 1.54) is 20.6 Å². The zero-order chi connectivity index (χ0) is 25.7. The fourth-order valence-electron chi connectivity index (χ4n) is 4.95. The number of carbonyl (C=O) groups excluding carboxylic acids is 2. The molecule has 1 saturated carbocycles. The molecule has 0 radical (unpaired) electrons. The summed E-state index contributed by atoms with van der Waals surface area (Å²) in [5, 5.41) is 7.03. The molecule has 1 atom stereocenters. The molecule has 0 spiro atoms. The predicted molar refractivity (Wildman–Crippen MR) is 140 cm³/mol. The van der Waals surface area contributed by atoms with Gasteiger partial charge in [-0.2, -0.15) is 4.31 Å². The molecule has 9 heteroatoms. The molecule has 0 aromatic heterocycles. The number of fused-ring (bicyclic) bond motifs is 1. The van der Waals surface area contributed by atoms with Crippen molar-refractivity contribution < 1.29 is 18.0 Å². The lowest BCUT2D eigenvalue weighted by atomic mass is 9.96. The van der Waals surface area contributed by atoms with E-state index < -0.39 is 27.1 Å². The maximum absolute atomic E-state index is 13.2. The second-order valence-electron chi connectivity index (χ2n) is 9.56. The van der Waals surface area contributed by atoms with Crippen molar-refractivity contribution in [2.75, 3.05) is 32.7 Å². The highest BCUT2D eigenvalue weighted by Gasteiger charge is 2.44. The molecule has 1 heterocycles. The number of carbonyl (C=O) groups is 2. The number of hydrogen-bond donors (Lipinski definition) is 2. The van der Waals surface area contributed by atoms with E-state index in [1.807, 2.05) is 6.07 Å². The van der Waals surface area contributed by atoms with E-state index in [0.717, 1.165) is 13.1 Å². The van der Waals surface area contributed by atoms with Crippen LogP contribution >= 0.6 is 0 Å². The van der Waals surface area contributed by atoms with Crippen molar-refractivity contribution >= 4 is 32.6 Å². The molecule has 1 aliphatic heterocycles. The van der Waals surface area contributed by atoms with Gasteiger partial charge in [0.1, 0.15) is 0 Å². The monoisotopic (exact) mass is 510 g/mol. The smallest absolute Gasteiger partial charge is 0.240 e. The number of nitrogens with zero attached hydrogens (tertiary/aromatic N) is 2. The van der Waals surface area contributed by atoms with Crippen molar-refractivity contribution in [1.29, 1.82) is 0 Å². The van der Waals surface area contributed by atoms with Crippen molar-refractivity contribution in [1.82, 2.24) is 19.8 Å². The van der Waals surface area contributed by atoms with Crippen LogP contribution in [0.25, 0.3) is 10.8 Å². The van der Waals surface area contributed by atoms with Crippen LogP contribution in [0.2, 0.25) is 0 Å². The summed E-state index contributed by atoms with van der Waals surface area (Å²) in [5.41, 5.74) is 1.26. The lowest BCUT2D eigenvalue weighted by molar-refractivity contribution is -0.126. The fraction of sp³-hybridized carbons (Fsp3) is 0.481. The van der Waals surface area contributed by atoms with Gasteiger partial charge in [0, 0.05) is 25.2 Å². The van der Waals surface area contributed by atoms with Crippen LogP contribution in [0.3, 0.4) is 0 Å². The van der Waals surface area contributed by atoms with Crippen molar-refractivity contribution in [2.45, 2.75) is 49.9 Å². The lowest BCUT2D eigenvalue weighted by Gasteiger charge is -2.40. The molecule has 0 bridgehead atoms. The molecule has 8 nitrogen and oxygen atoms in total. The summed E-state index contributed by atoms with van der Waals surface area (Å²) < 4.78 is 27.8. The van der Waals surface area contributed by atoms with E-state index in [0.29, 0.717) is 25.7 Å². The Balaban J connectivity index is 1.40. The average molecular weight is 511 g/mol. The van der Waals surface area contributed by atoms with E-state index in [2.05, 4.69) is 64.8 Å². The Morgan fingerprint density at radius 3 is 2.44 bits per heavy atom. The third-order valence-electron chi connectivity index (χ3n) is 7.13. The first-order valence-electron chi connectivity index (χ1n) is 12.5. The summed E-state index contributed by atoms with van der Waals surface area (Å²) in [5.74, 6) is 1.40. The number of likely N-dealkylation sites (tertiary alicyclic amines) is 1. The molecule has 2 amide bonds. The molecule has 0 unspecified atom stereocenters. The predicted octanol–water partition coefficient (Wildman–Crippen LogP) is 2.03. The molecule has 1 aliphatic carbocycles. The Labute approximate surface area is 213 Å². The van der Waals surface area contributed by atoms with Gasteiger partial charge in [-0.05, 0) is 48.9 Å². The largest absolute Gasteiger partial charge is 0.346 e. The molecule has 2 N–H and O–H groups in total. The Bertz CT molecular complexity index is 1240. The zero-order valence-electron chi connectivity index (χ0n) is 20.7. The van der Waals surface area contributed by atoms with Crippen LogP contribution in [-0.2, 0) is 19.6 Å². The topological polar surface area (TPSA) is 98.8 Å². The number of piperidine rings is 1. The van der Waals surface area contributed by atoms with Gasteiger partial charge in [0.2, 0.25) is 21.8 Å². The standard InChI is InChI=1S/C27H34N4O4S/c1-3-15-28-26(32)18-29-27(33)19-31(36(34,35)23-11-12-23)22-13-16-30(17-14-22)20(2)24-10-6-8-21-7-4-5-9-25(21)24/h1,4-10,20,22-23H,11-19H2,2H3,(H,28,32)(H,29,33)/t20-/m1/s1. The van der Waals surface area contributed by atoms with Crippen LogP contribution in [0, 0.1) is 12.3 Å². The first-order valence-corrected chi connectivity index (χ1v) is 14.0. The highest BCUT2D eigenvalue weighted by Crippen LogP contribution is 2.35. The molecule has 2 aromatic rings. The van der Waals surface area contributed by atoms with Crippen molar-refractivity contribution in [3.63, 3.8) is 0 Å². The van der Waals surface area contributed by atoms with Crippen molar-refractivity contribution in [2.24, 2.45) is 0 Å². The summed E-state index contributed by atoms with van der Waals surface area (Å²) in [6.07, 6.45) is 7.68. The van der Waals surface area contributed by atoms with Crippen molar-refractivity contribution in [3.05, 3.63) is 48.0 Å². The lowest BCUT2D eigenvalue weighted by Crippen LogP contribution is -2.52. The van der Waals surface area contributed by atoms with Gasteiger partial charge in [-0.3, -0.25) is 14.5 Å². The number of benzene rings is 2. The summed E-state index contributed by atoms with van der Waals surface area (Å²) >= 11 is 0. The molecule has 36 heavy (non-hydrogen) atoms. The molecule has 1 saturated heterocycles. The summed E-state index contributed by atoms with van der Waals surface area (Å²) in [4.78, 5) is 26.7. The number of amides is 2. The maximum atomic E-state index is 13.2. The summed E-state index contributed by atoms with van der Waals surface area (Å²) in [6, 6.07) is 14.6. The second kappa shape index (κ2) is 11.4. The Hall–Kier alpha value is -2.93. The molecular weight excluding hydrogens is 476 g/mol. The quantitative estimate of drug-likeness (QED) is 0.477. The van der Waals surface area contributed by atoms with Crippen LogP contribution in [0.4, 0.5) is 0 Å². The number of sulfonamides is 1.